The number of hydrogen-bond acceptors (Lipinski definition) is 5. The molecular weight excluding hydrogens is 446 g/mol. The Hall–Kier alpha value is -1.96. The fourth-order valence-electron chi connectivity index (χ4n) is 3.99. The first kappa shape index (κ1) is 21.3. The summed E-state index contributed by atoms with van der Waals surface area (Å²) in [5, 5.41) is 0. The molecule has 160 valence electrons. The number of likely N-dealkylation sites (tertiary alicyclic amines) is 1. The first-order valence-corrected chi connectivity index (χ1v) is 11.5. The third kappa shape index (κ3) is 5.80. The van der Waals surface area contributed by atoms with Crippen LogP contribution >= 0.6 is 15.9 Å². The maximum Gasteiger partial charge on any atom is 0.255 e. The van der Waals surface area contributed by atoms with Gasteiger partial charge < -0.3 is 14.4 Å². The van der Waals surface area contributed by atoms with Crippen molar-refractivity contribution in [1.82, 2.24) is 14.8 Å². The molecule has 0 saturated carbocycles. The maximum absolute atomic E-state index is 12.8. The number of ether oxygens (including phenoxy) is 2. The zero-order valence-electron chi connectivity index (χ0n) is 17.1. The molecule has 0 spiro atoms. The molecule has 1 aromatic heterocycles. The minimum absolute atomic E-state index is 0.0596. The van der Waals surface area contributed by atoms with Crippen molar-refractivity contribution < 1.29 is 14.3 Å². The Balaban J connectivity index is 1.24. The van der Waals surface area contributed by atoms with Crippen molar-refractivity contribution >= 4 is 21.8 Å². The number of halogens is 1. The Labute approximate surface area is 186 Å². The minimum Gasteiger partial charge on any atom is -0.439 e. The van der Waals surface area contributed by atoms with E-state index in [0.29, 0.717) is 23.1 Å². The number of morpholine rings is 1. The average molecular weight is 474 g/mol. The van der Waals surface area contributed by atoms with Gasteiger partial charge in [-0.15, -0.1) is 0 Å². The van der Waals surface area contributed by atoms with E-state index in [1.165, 1.54) is 6.42 Å². The molecule has 2 saturated heterocycles. The van der Waals surface area contributed by atoms with Crippen molar-refractivity contribution in [2.24, 2.45) is 5.92 Å². The molecule has 0 radical (unpaired) electrons. The molecule has 6 nitrogen and oxygen atoms in total. The molecule has 1 aromatic carbocycles. The Bertz CT molecular complexity index is 815. The fourth-order valence-corrected chi connectivity index (χ4v) is 4.25. The van der Waals surface area contributed by atoms with Crippen LogP contribution in [-0.4, -0.2) is 66.6 Å². The predicted octanol–water partition coefficient (Wildman–Crippen LogP) is 4.21. The molecule has 0 N–H and O–H groups in total. The van der Waals surface area contributed by atoms with Crippen LogP contribution in [0.25, 0.3) is 0 Å². The normalized spacial score (nSPS) is 18.4. The number of piperidine rings is 1. The lowest BCUT2D eigenvalue weighted by atomic mass is 9.93. The summed E-state index contributed by atoms with van der Waals surface area (Å²) in [4.78, 5) is 21.6. The summed E-state index contributed by atoms with van der Waals surface area (Å²) in [6.07, 6.45) is 4.98. The summed E-state index contributed by atoms with van der Waals surface area (Å²) < 4.78 is 12.1. The standard InChI is InChI=1S/C23H28BrN3O3/c24-20-2-4-21(5-3-20)30-22-6-1-19(17-25-22)23(28)27-11-8-18(9-12-27)7-10-26-13-15-29-16-14-26/h1-6,17-18H,7-16H2. The molecular formula is C23H28BrN3O3. The summed E-state index contributed by atoms with van der Waals surface area (Å²) in [5.74, 6) is 1.96. The van der Waals surface area contributed by atoms with Crippen LogP contribution in [-0.2, 0) is 4.74 Å². The van der Waals surface area contributed by atoms with Crippen LogP contribution in [0.1, 0.15) is 29.6 Å². The highest BCUT2D eigenvalue weighted by Gasteiger charge is 2.24. The molecule has 2 aliphatic rings. The van der Waals surface area contributed by atoms with Crippen LogP contribution in [0.4, 0.5) is 0 Å². The molecule has 0 unspecified atom stereocenters. The molecule has 2 aliphatic heterocycles. The van der Waals surface area contributed by atoms with Gasteiger partial charge in [-0.2, -0.15) is 0 Å². The van der Waals surface area contributed by atoms with Crippen LogP contribution in [0, 0.1) is 5.92 Å². The number of pyridine rings is 1. The fraction of sp³-hybridized carbons (Fsp3) is 0.478. The van der Waals surface area contributed by atoms with Gasteiger partial charge in [-0.05, 0) is 62.1 Å². The largest absolute Gasteiger partial charge is 0.439 e. The number of carbonyl (C=O) groups excluding carboxylic acids is 1. The van der Waals surface area contributed by atoms with Crippen molar-refractivity contribution in [3.8, 4) is 11.6 Å². The van der Waals surface area contributed by atoms with E-state index in [2.05, 4.69) is 25.8 Å². The zero-order valence-corrected chi connectivity index (χ0v) is 18.7. The van der Waals surface area contributed by atoms with Crippen LogP contribution in [0.3, 0.4) is 0 Å². The van der Waals surface area contributed by atoms with E-state index >= 15 is 0 Å². The second-order valence-electron chi connectivity index (χ2n) is 7.92. The second-order valence-corrected chi connectivity index (χ2v) is 8.84. The highest BCUT2D eigenvalue weighted by molar-refractivity contribution is 9.10. The van der Waals surface area contributed by atoms with E-state index in [1.807, 2.05) is 29.2 Å². The topological polar surface area (TPSA) is 54.9 Å². The second kappa shape index (κ2) is 10.4. The van der Waals surface area contributed by atoms with Gasteiger partial charge in [0.2, 0.25) is 5.88 Å². The van der Waals surface area contributed by atoms with Gasteiger partial charge in [0.15, 0.2) is 0 Å². The van der Waals surface area contributed by atoms with Gasteiger partial charge in [-0.25, -0.2) is 4.98 Å². The predicted molar refractivity (Wildman–Crippen MR) is 119 cm³/mol. The summed E-state index contributed by atoms with van der Waals surface area (Å²) in [7, 11) is 0. The lowest BCUT2D eigenvalue weighted by molar-refractivity contribution is 0.0332. The number of nitrogens with zero attached hydrogens (tertiary/aromatic N) is 3. The van der Waals surface area contributed by atoms with Gasteiger partial charge in [0.05, 0.1) is 18.8 Å². The Morgan fingerprint density at radius 2 is 1.80 bits per heavy atom. The van der Waals surface area contributed by atoms with Crippen LogP contribution in [0.15, 0.2) is 47.1 Å². The number of rotatable bonds is 6. The Kier molecular flexibility index (Phi) is 7.36. The number of carbonyl (C=O) groups is 1. The van der Waals surface area contributed by atoms with Crippen LogP contribution in [0.2, 0.25) is 0 Å². The molecule has 0 atom stereocenters. The van der Waals surface area contributed by atoms with Gasteiger partial charge in [0, 0.05) is 42.9 Å². The number of benzene rings is 1. The van der Waals surface area contributed by atoms with Crippen molar-refractivity contribution in [2.45, 2.75) is 19.3 Å². The SMILES string of the molecule is O=C(c1ccc(Oc2ccc(Br)cc2)nc1)N1CCC(CCN2CCOCC2)CC1. The van der Waals surface area contributed by atoms with Gasteiger partial charge in [0.1, 0.15) is 5.75 Å². The van der Waals surface area contributed by atoms with E-state index in [9.17, 15) is 4.79 Å². The number of hydrogen-bond donors (Lipinski definition) is 0. The average Bonchev–Trinajstić information content (AvgIpc) is 2.80. The first-order valence-electron chi connectivity index (χ1n) is 10.7. The molecule has 2 aromatic rings. The van der Waals surface area contributed by atoms with E-state index < -0.39 is 0 Å². The number of aromatic nitrogens is 1. The van der Waals surface area contributed by atoms with E-state index in [-0.39, 0.29) is 5.91 Å². The molecule has 3 heterocycles. The van der Waals surface area contributed by atoms with Crippen LogP contribution < -0.4 is 4.74 Å². The molecule has 4 rings (SSSR count). The molecule has 7 heteroatoms. The van der Waals surface area contributed by atoms with Crippen molar-refractivity contribution in [1.29, 1.82) is 0 Å². The minimum atomic E-state index is 0.0596. The van der Waals surface area contributed by atoms with Gasteiger partial charge >= 0.3 is 0 Å². The van der Waals surface area contributed by atoms with Crippen molar-refractivity contribution in [3.63, 3.8) is 0 Å². The summed E-state index contributed by atoms with van der Waals surface area (Å²) in [5.41, 5.74) is 0.616. The smallest absolute Gasteiger partial charge is 0.255 e. The highest BCUT2D eigenvalue weighted by atomic mass is 79.9. The zero-order chi connectivity index (χ0) is 20.8. The Morgan fingerprint density at radius 3 is 2.47 bits per heavy atom. The van der Waals surface area contributed by atoms with E-state index in [0.717, 1.165) is 63.3 Å². The van der Waals surface area contributed by atoms with Gasteiger partial charge in [-0.1, -0.05) is 15.9 Å². The lowest BCUT2D eigenvalue weighted by Gasteiger charge is -2.34. The monoisotopic (exact) mass is 473 g/mol. The van der Waals surface area contributed by atoms with Gasteiger partial charge in [-0.3, -0.25) is 9.69 Å². The highest BCUT2D eigenvalue weighted by Crippen LogP contribution is 2.24. The van der Waals surface area contributed by atoms with E-state index in [4.69, 9.17) is 9.47 Å². The molecule has 1 amide bonds. The van der Waals surface area contributed by atoms with Gasteiger partial charge in [0.25, 0.3) is 5.91 Å². The van der Waals surface area contributed by atoms with E-state index in [1.54, 1.807) is 18.3 Å². The third-order valence-electron chi connectivity index (χ3n) is 5.88. The van der Waals surface area contributed by atoms with Crippen molar-refractivity contribution in [3.05, 3.63) is 52.6 Å². The quantitative estimate of drug-likeness (QED) is 0.628. The summed E-state index contributed by atoms with van der Waals surface area (Å²) >= 11 is 3.40. The van der Waals surface area contributed by atoms with Crippen LogP contribution in [0.5, 0.6) is 11.6 Å². The molecule has 2 fully saturated rings. The molecule has 30 heavy (non-hydrogen) atoms. The molecule has 0 bridgehead atoms. The summed E-state index contributed by atoms with van der Waals surface area (Å²) in [6.45, 7) is 6.60. The lowest BCUT2D eigenvalue weighted by Crippen LogP contribution is -2.40. The Morgan fingerprint density at radius 1 is 1.07 bits per heavy atom. The molecule has 0 aliphatic carbocycles. The maximum atomic E-state index is 12.8. The first-order chi connectivity index (χ1) is 14.7. The van der Waals surface area contributed by atoms with Crippen molar-refractivity contribution in [2.75, 3.05) is 45.9 Å². The third-order valence-corrected chi connectivity index (χ3v) is 6.41. The number of amides is 1. The summed E-state index contributed by atoms with van der Waals surface area (Å²) in [6, 6.07) is 11.1.